The van der Waals surface area contributed by atoms with Crippen molar-refractivity contribution in [2.24, 2.45) is 11.6 Å². The molecule has 0 saturated carbocycles. The van der Waals surface area contributed by atoms with E-state index in [1.807, 2.05) is 0 Å². The van der Waals surface area contributed by atoms with Crippen molar-refractivity contribution in [1.29, 1.82) is 0 Å². The number of aromatic nitrogens is 1. The molecule has 0 saturated heterocycles. The molecule has 0 amide bonds. The van der Waals surface area contributed by atoms with Gasteiger partial charge in [-0.1, -0.05) is 0 Å². The van der Waals surface area contributed by atoms with E-state index in [4.69, 9.17) is 9.95 Å². The van der Waals surface area contributed by atoms with Crippen molar-refractivity contribution in [1.82, 2.24) is 4.57 Å². The highest BCUT2D eigenvalue weighted by atomic mass is 32.2. The van der Waals surface area contributed by atoms with Gasteiger partial charge in [-0.05, 0) is 17.7 Å². The van der Waals surface area contributed by atoms with Gasteiger partial charge in [-0.3, -0.25) is 4.57 Å². The van der Waals surface area contributed by atoms with Crippen LogP contribution in [0.15, 0.2) is 36.8 Å². The van der Waals surface area contributed by atoms with E-state index in [0.717, 1.165) is 6.07 Å². The molecular weight excluding hydrogens is 248 g/mol. The Morgan fingerprint density at radius 1 is 1.47 bits per heavy atom. The van der Waals surface area contributed by atoms with Crippen molar-refractivity contribution in [2.45, 2.75) is 4.90 Å². The zero-order valence-electron chi connectivity index (χ0n) is 8.56. The Bertz CT molecular complexity index is 795. The number of rotatable bonds is 2. The molecule has 17 heavy (non-hydrogen) atoms. The lowest BCUT2D eigenvalue weighted by molar-refractivity contribution is 0.527. The summed E-state index contributed by atoms with van der Waals surface area (Å²) in [6.45, 7) is 0. The molecule has 2 rings (SSSR count). The zero-order valence-corrected chi connectivity index (χ0v) is 9.38. The monoisotopic (exact) mass is 254 g/mol. The Balaban J connectivity index is 2.76. The summed E-state index contributed by atoms with van der Waals surface area (Å²) in [6.07, 6.45) is 0. The largest absolute Gasteiger partial charge is 0.419 e. The van der Waals surface area contributed by atoms with Crippen LogP contribution in [0.3, 0.4) is 0 Å². The van der Waals surface area contributed by atoms with Crippen molar-refractivity contribution < 1.29 is 12.8 Å². The summed E-state index contributed by atoms with van der Waals surface area (Å²) in [6, 6.07) is 3.78. The number of nitrogens with zero attached hydrogens (tertiary/aromatic N) is 4. The quantitative estimate of drug-likeness (QED) is 0.453. The van der Waals surface area contributed by atoms with Crippen molar-refractivity contribution in [2.75, 3.05) is 0 Å². The summed E-state index contributed by atoms with van der Waals surface area (Å²) in [4.78, 5) is 13.2. The minimum absolute atomic E-state index is 0.117. The Labute approximate surface area is 94.8 Å². The molecule has 0 bridgehead atoms. The number of azide groups is 1. The smallest absolute Gasteiger partial charge is 0.408 e. The fraction of sp³-hybridized carbons (Fsp3) is 0.125. The van der Waals surface area contributed by atoms with Gasteiger partial charge >= 0.3 is 5.76 Å². The van der Waals surface area contributed by atoms with E-state index >= 15 is 0 Å². The predicted molar refractivity (Wildman–Crippen MR) is 57.8 cm³/mol. The molecule has 0 unspecified atom stereocenters. The Kier molecular flexibility index (Phi) is 2.41. The molecule has 0 N–H and O–H groups in total. The van der Waals surface area contributed by atoms with Crippen LogP contribution in [-0.2, 0) is 17.1 Å². The standard InChI is InChI=1S/C8H6N4O4S/c1-12-6-3-2-5(17(14,15)11-10-9)4-7(6)16-8(12)13/h2-4H,1H3. The summed E-state index contributed by atoms with van der Waals surface area (Å²) in [5.41, 5.74) is 8.70. The molecular formula is C8H6N4O4S. The fourth-order valence-corrected chi connectivity index (χ4v) is 2.06. The first kappa shape index (κ1) is 11.2. The first-order valence-corrected chi connectivity index (χ1v) is 5.80. The minimum Gasteiger partial charge on any atom is -0.408 e. The molecule has 0 spiro atoms. The highest BCUT2D eigenvalue weighted by molar-refractivity contribution is 7.90. The average Bonchev–Trinajstić information content (AvgIpc) is 2.54. The van der Waals surface area contributed by atoms with Crippen LogP contribution in [-0.4, -0.2) is 13.0 Å². The topological polar surface area (TPSA) is 118 Å². The molecule has 0 atom stereocenters. The van der Waals surface area contributed by atoms with E-state index in [1.54, 1.807) is 0 Å². The van der Waals surface area contributed by atoms with E-state index in [1.165, 1.54) is 23.7 Å². The summed E-state index contributed by atoms with van der Waals surface area (Å²) >= 11 is 0. The van der Waals surface area contributed by atoms with Gasteiger partial charge in [0, 0.05) is 22.5 Å². The van der Waals surface area contributed by atoms with E-state index in [0.29, 0.717) is 5.52 Å². The van der Waals surface area contributed by atoms with Crippen LogP contribution < -0.4 is 5.76 Å². The van der Waals surface area contributed by atoms with Crippen LogP contribution in [0.25, 0.3) is 21.5 Å². The van der Waals surface area contributed by atoms with Crippen LogP contribution in [0.1, 0.15) is 0 Å². The third-order valence-corrected chi connectivity index (χ3v) is 3.34. The molecule has 9 heteroatoms. The van der Waals surface area contributed by atoms with E-state index in [9.17, 15) is 13.2 Å². The van der Waals surface area contributed by atoms with E-state index in [2.05, 4.69) is 9.43 Å². The molecule has 1 aromatic carbocycles. The number of fused-ring (bicyclic) bond motifs is 1. The molecule has 1 aromatic heterocycles. The molecule has 0 radical (unpaired) electrons. The van der Waals surface area contributed by atoms with Gasteiger partial charge in [0.15, 0.2) is 5.58 Å². The van der Waals surface area contributed by atoms with E-state index in [-0.39, 0.29) is 10.5 Å². The molecule has 88 valence electrons. The van der Waals surface area contributed by atoms with Crippen molar-refractivity contribution >= 4 is 21.1 Å². The molecule has 1 heterocycles. The highest BCUT2D eigenvalue weighted by Crippen LogP contribution is 2.19. The lowest BCUT2D eigenvalue weighted by Crippen LogP contribution is -2.08. The zero-order chi connectivity index (χ0) is 12.6. The average molecular weight is 254 g/mol. The Morgan fingerprint density at radius 3 is 2.82 bits per heavy atom. The Hall–Kier alpha value is -2.25. The SMILES string of the molecule is Cn1c(=O)oc2cc(S(=O)(=O)N=[N+]=[N-])ccc21. The number of hydrogen-bond donors (Lipinski definition) is 0. The summed E-state index contributed by atoms with van der Waals surface area (Å²) in [7, 11) is -2.57. The third-order valence-electron chi connectivity index (χ3n) is 2.21. The molecule has 0 fully saturated rings. The lowest BCUT2D eigenvalue weighted by Gasteiger charge is -1.96. The van der Waals surface area contributed by atoms with E-state index < -0.39 is 15.8 Å². The van der Waals surface area contributed by atoms with Gasteiger partial charge < -0.3 is 4.42 Å². The van der Waals surface area contributed by atoms with Crippen LogP contribution in [0, 0.1) is 0 Å². The molecule has 2 aromatic rings. The van der Waals surface area contributed by atoms with Crippen LogP contribution in [0.4, 0.5) is 0 Å². The highest BCUT2D eigenvalue weighted by Gasteiger charge is 2.15. The van der Waals surface area contributed by atoms with Gasteiger partial charge in [0.2, 0.25) is 0 Å². The first-order valence-electron chi connectivity index (χ1n) is 4.36. The second kappa shape index (κ2) is 3.65. The summed E-state index contributed by atoms with van der Waals surface area (Å²) in [5, 5.41) is 0. The van der Waals surface area contributed by atoms with Gasteiger partial charge in [0.1, 0.15) is 0 Å². The van der Waals surface area contributed by atoms with Crippen LogP contribution in [0.5, 0.6) is 0 Å². The van der Waals surface area contributed by atoms with Crippen molar-refractivity contribution in [3.8, 4) is 0 Å². The number of sulfonamides is 1. The number of oxazole rings is 1. The predicted octanol–water partition coefficient (Wildman–Crippen LogP) is 1.13. The second-order valence-corrected chi connectivity index (χ2v) is 4.79. The van der Waals surface area contributed by atoms with Crippen molar-refractivity contribution in [3.05, 3.63) is 39.2 Å². The number of hydrogen-bond acceptors (Lipinski definition) is 4. The maximum atomic E-state index is 11.4. The second-order valence-electron chi connectivity index (χ2n) is 3.20. The van der Waals surface area contributed by atoms with Crippen molar-refractivity contribution in [3.63, 3.8) is 0 Å². The molecule has 0 aliphatic carbocycles. The van der Waals surface area contributed by atoms with Gasteiger partial charge in [-0.2, -0.15) is 0 Å². The Morgan fingerprint density at radius 2 is 2.18 bits per heavy atom. The van der Waals surface area contributed by atoms with Crippen LogP contribution >= 0.6 is 0 Å². The fourth-order valence-electron chi connectivity index (χ4n) is 1.37. The lowest BCUT2D eigenvalue weighted by atomic mass is 10.3. The van der Waals surface area contributed by atoms with Gasteiger partial charge in [-0.25, -0.2) is 13.2 Å². The molecule has 8 nitrogen and oxygen atoms in total. The third kappa shape index (κ3) is 1.77. The van der Waals surface area contributed by atoms with Crippen LogP contribution in [0.2, 0.25) is 0 Å². The number of aryl methyl sites for hydroxylation is 1. The van der Waals surface area contributed by atoms with Gasteiger partial charge in [0.25, 0.3) is 10.0 Å². The maximum absolute atomic E-state index is 11.4. The minimum atomic E-state index is -4.07. The van der Waals surface area contributed by atoms with Gasteiger partial charge in [-0.15, -0.1) is 0 Å². The normalized spacial score (nSPS) is 11.4. The maximum Gasteiger partial charge on any atom is 0.419 e. The summed E-state index contributed by atoms with van der Waals surface area (Å²) < 4.78 is 31.6. The molecule has 0 aliphatic heterocycles. The summed E-state index contributed by atoms with van der Waals surface area (Å²) in [5.74, 6) is -0.599. The first-order chi connectivity index (χ1) is 7.95. The number of benzene rings is 1. The van der Waals surface area contributed by atoms with Gasteiger partial charge in [0.05, 0.1) is 10.4 Å². The molecule has 0 aliphatic rings.